The van der Waals surface area contributed by atoms with Crippen LogP contribution in [0.5, 0.6) is 0 Å². The summed E-state index contributed by atoms with van der Waals surface area (Å²) in [6.07, 6.45) is 6.97. The molecular formula is C18H19Br. The van der Waals surface area contributed by atoms with Gasteiger partial charge in [0.15, 0.2) is 0 Å². The molecular weight excluding hydrogens is 296 g/mol. The van der Waals surface area contributed by atoms with Crippen molar-refractivity contribution in [1.82, 2.24) is 0 Å². The van der Waals surface area contributed by atoms with Gasteiger partial charge in [-0.3, -0.25) is 0 Å². The molecule has 1 aliphatic carbocycles. The summed E-state index contributed by atoms with van der Waals surface area (Å²) >= 11 is 3.48. The molecule has 3 rings (SSSR count). The molecule has 98 valence electrons. The first kappa shape index (κ1) is 12.9. The van der Waals surface area contributed by atoms with Crippen molar-refractivity contribution >= 4 is 15.9 Å². The fourth-order valence-electron chi connectivity index (χ4n) is 3.03. The van der Waals surface area contributed by atoms with E-state index in [0.29, 0.717) is 0 Å². The number of hydrogen-bond donors (Lipinski definition) is 0. The Morgan fingerprint density at radius 3 is 1.79 bits per heavy atom. The van der Waals surface area contributed by atoms with Gasteiger partial charge >= 0.3 is 0 Å². The van der Waals surface area contributed by atoms with E-state index in [1.54, 1.807) is 0 Å². The third-order valence-electron chi connectivity index (χ3n) is 4.16. The van der Waals surface area contributed by atoms with Gasteiger partial charge in [-0.25, -0.2) is 0 Å². The van der Waals surface area contributed by atoms with Crippen molar-refractivity contribution in [1.29, 1.82) is 0 Å². The van der Waals surface area contributed by atoms with Gasteiger partial charge in [-0.05, 0) is 47.6 Å². The van der Waals surface area contributed by atoms with Crippen LogP contribution in [0.3, 0.4) is 0 Å². The Kier molecular flexibility index (Phi) is 4.03. The van der Waals surface area contributed by atoms with Gasteiger partial charge in [-0.1, -0.05) is 71.6 Å². The molecule has 0 aromatic heterocycles. The van der Waals surface area contributed by atoms with Crippen molar-refractivity contribution in [2.24, 2.45) is 0 Å². The summed E-state index contributed by atoms with van der Waals surface area (Å²) in [6, 6.07) is 17.7. The van der Waals surface area contributed by atoms with Crippen LogP contribution in [0.25, 0.3) is 11.1 Å². The molecule has 2 aromatic carbocycles. The Labute approximate surface area is 124 Å². The fraction of sp³-hybridized carbons (Fsp3) is 0.333. The van der Waals surface area contributed by atoms with Crippen LogP contribution < -0.4 is 0 Å². The first-order valence-electron chi connectivity index (χ1n) is 7.19. The van der Waals surface area contributed by atoms with Gasteiger partial charge < -0.3 is 0 Å². The highest BCUT2D eigenvalue weighted by molar-refractivity contribution is 9.10. The Morgan fingerprint density at radius 1 is 0.684 bits per heavy atom. The second kappa shape index (κ2) is 5.92. The van der Waals surface area contributed by atoms with Gasteiger partial charge in [0.2, 0.25) is 0 Å². The van der Waals surface area contributed by atoms with Crippen LogP contribution in [0, 0.1) is 0 Å². The van der Waals surface area contributed by atoms with E-state index in [1.165, 1.54) is 48.8 Å². The molecule has 0 heterocycles. The summed E-state index contributed by atoms with van der Waals surface area (Å²) in [7, 11) is 0. The van der Waals surface area contributed by atoms with E-state index < -0.39 is 0 Å². The van der Waals surface area contributed by atoms with Crippen LogP contribution in [-0.4, -0.2) is 0 Å². The average Bonchev–Trinajstić information content (AvgIpc) is 2.49. The van der Waals surface area contributed by atoms with E-state index in [0.717, 1.165) is 10.4 Å². The molecule has 1 heteroatoms. The molecule has 0 aliphatic heterocycles. The first-order chi connectivity index (χ1) is 9.33. The third kappa shape index (κ3) is 3.09. The van der Waals surface area contributed by atoms with Crippen molar-refractivity contribution < 1.29 is 0 Å². The molecule has 0 atom stereocenters. The minimum atomic E-state index is 0.799. The summed E-state index contributed by atoms with van der Waals surface area (Å²) in [4.78, 5) is 0. The minimum absolute atomic E-state index is 0.799. The quantitative estimate of drug-likeness (QED) is 0.622. The second-order valence-corrected chi connectivity index (χ2v) is 6.38. The molecule has 0 nitrogen and oxygen atoms in total. The van der Waals surface area contributed by atoms with Crippen LogP contribution in [-0.2, 0) is 0 Å². The standard InChI is InChI=1S/C18H19Br/c19-18-12-10-17(11-13-18)16-8-6-15(7-9-16)14-4-2-1-3-5-14/h6-14H,1-5H2. The SMILES string of the molecule is Brc1ccc(-c2ccc(C3CCCCC3)cc2)cc1. The molecule has 2 aromatic rings. The topological polar surface area (TPSA) is 0 Å². The largest absolute Gasteiger partial charge is 0.0581 e. The maximum absolute atomic E-state index is 3.48. The highest BCUT2D eigenvalue weighted by Gasteiger charge is 2.15. The average molecular weight is 315 g/mol. The Bertz CT molecular complexity index is 519. The van der Waals surface area contributed by atoms with E-state index >= 15 is 0 Å². The van der Waals surface area contributed by atoms with E-state index in [-0.39, 0.29) is 0 Å². The molecule has 0 bridgehead atoms. The molecule has 1 fully saturated rings. The van der Waals surface area contributed by atoms with Gasteiger partial charge in [0.1, 0.15) is 0 Å². The normalized spacial score (nSPS) is 16.5. The van der Waals surface area contributed by atoms with Crippen LogP contribution >= 0.6 is 15.9 Å². The molecule has 0 saturated heterocycles. The van der Waals surface area contributed by atoms with E-state index in [2.05, 4.69) is 64.5 Å². The monoisotopic (exact) mass is 314 g/mol. The number of benzene rings is 2. The molecule has 0 spiro atoms. The van der Waals surface area contributed by atoms with Crippen molar-refractivity contribution in [3.63, 3.8) is 0 Å². The molecule has 0 radical (unpaired) electrons. The zero-order valence-corrected chi connectivity index (χ0v) is 12.7. The summed E-state index contributed by atoms with van der Waals surface area (Å²) < 4.78 is 1.13. The van der Waals surface area contributed by atoms with Gasteiger partial charge in [0, 0.05) is 4.47 Å². The highest BCUT2D eigenvalue weighted by Crippen LogP contribution is 2.33. The third-order valence-corrected chi connectivity index (χ3v) is 4.69. The zero-order chi connectivity index (χ0) is 13.1. The lowest BCUT2D eigenvalue weighted by Gasteiger charge is -2.22. The summed E-state index contributed by atoms with van der Waals surface area (Å²) in [5.41, 5.74) is 4.13. The van der Waals surface area contributed by atoms with Crippen molar-refractivity contribution in [3.8, 4) is 11.1 Å². The van der Waals surface area contributed by atoms with Gasteiger partial charge in [-0.2, -0.15) is 0 Å². The Hall–Kier alpha value is -1.08. The predicted octanol–water partition coefficient (Wildman–Crippen LogP) is 6.16. The Balaban J connectivity index is 1.80. The molecule has 1 saturated carbocycles. The van der Waals surface area contributed by atoms with E-state index in [1.807, 2.05) is 0 Å². The van der Waals surface area contributed by atoms with Crippen LogP contribution in [0.1, 0.15) is 43.6 Å². The number of hydrogen-bond acceptors (Lipinski definition) is 0. The van der Waals surface area contributed by atoms with Crippen molar-refractivity contribution in [2.75, 3.05) is 0 Å². The van der Waals surface area contributed by atoms with Crippen LogP contribution in [0.4, 0.5) is 0 Å². The van der Waals surface area contributed by atoms with Gasteiger partial charge in [-0.15, -0.1) is 0 Å². The fourth-order valence-corrected chi connectivity index (χ4v) is 3.29. The maximum Gasteiger partial charge on any atom is 0.0175 e. The van der Waals surface area contributed by atoms with Crippen LogP contribution in [0.15, 0.2) is 53.0 Å². The lowest BCUT2D eigenvalue weighted by molar-refractivity contribution is 0.443. The molecule has 0 N–H and O–H groups in total. The van der Waals surface area contributed by atoms with Crippen LogP contribution in [0.2, 0.25) is 0 Å². The second-order valence-electron chi connectivity index (χ2n) is 5.46. The highest BCUT2D eigenvalue weighted by atomic mass is 79.9. The predicted molar refractivity (Wildman–Crippen MR) is 85.4 cm³/mol. The summed E-state index contributed by atoms with van der Waals surface area (Å²) in [5, 5.41) is 0. The summed E-state index contributed by atoms with van der Waals surface area (Å²) in [6.45, 7) is 0. The first-order valence-corrected chi connectivity index (χ1v) is 7.98. The number of halogens is 1. The molecule has 0 unspecified atom stereocenters. The van der Waals surface area contributed by atoms with Crippen molar-refractivity contribution in [3.05, 3.63) is 58.6 Å². The lowest BCUT2D eigenvalue weighted by atomic mass is 9.84. The zero-order valence-electron chi connectivity index (χ0n) is 11.1. The molecule has 0 amide bonds. The van der Waals surface area contributed by atoms with E-state index in [4.69, 9.17) is 0 Å². The van der Waals surface area contributed by atoms with Gasteiger partial charge in [0.25, 0.3) is 0 Å². The van der Waals surface area contributed by atoms with Crippen molar-refractivity contribution in [2.45, 2.75) is 38.0 Å². The van der Waals surface area contributed by atoms with Gasteiger partial charge in [0.05, 0.1) is 0 Å². The maximum atomic E-state index is 3.48. The molecule has 19 heavy (non-hydrogen) atoms. The smallest absolute Gasteiger partial charge is 0.0175 e. The summed E-state index contributed by atoms with van der Waals surface area (Å²) in [5.74, 6) is 0.799. The lowest BCUT2D eigenvalue weighted by Crippen LogP contribution is -2.04. The molecule has 1 aliphatic rings. The van der Waals surface area contributed by atoms with E-state index in [9.17, 15) is 0 Å². The Morgan fingerprint density at radius 2 is 1.21 bits per heavy atom. The number of rotatable bonds is 2. The minimum Gasteiger partial charge on any atom is -0.0581 e.